The van der Waals surface area contributed by atoms with Gasteiger partial charge in [0.1, 0.15) is 69.9 Å². The Bertz CT molecular complexity index is 2300. The van der Waals surface area contributed by atoms with Crippen molar-refractivity contribution in [1.29, 1.82) is 0 Å². The van der Waals surface area contributed by atoms with Crippen molar-refractivity contribution < 1.29 is 92.9 Å². The molecule has 0 bridgehead atoms. The standard InChI is InChI=1S/C24BF20.C14H14OS/c26-5-1(6(27)14(35)21(42)13(5)34)25(2-7(28)15(36)22(43)16(37)8(2)29,3-9(30)17(38)23(44)18(39)10(3)31)4-11(32)19(40)24(45)20(41)12(4)33;15-14-8-6-13(7-9-14)11-16-10-12-4-2-1-3-5-12/h;1-9,15H,10-11H2/q-1;/p+1. The Kier molecular flexibility index (Phi) is 13.3. The van der Waals surface area contributed by atoms with Crippen molar-refractivity contribution in [2.75, 3.05) is 0 Å². The van der Waals surface area contributed by atoms with Gasteiger partial charge in [-0.2, -0.15) is 0 Å². The molecule has 0 aromatic heterocycles. The SMILES string of the molecule is Fc1c(F)c(F)c([B-](c2c(F)c(F)c(F)c(F)c2F)(c2c(F)c(F)c(F)c(F)c2F)c2c(F)c(F)c(F)c(F)c2F)c(F)c1F.Oc1ccc(C[SH+]Cc2ccccc2)cc1. The Morgan fingerprint density at radius 2 is 0.508 bits per heavy atom. The maximum Gasteiger partial charge on any atom is 0.200 e. The predicted octanol–water partition coefficient (Wildman–Crippen LogP) is 8.75. The highest BCUT2D eigenvalue weighted by Crippen LogP contribution is 2.31. The Balaban J connectivity index is 0.000000366. The molecule has 0 spiro atoms. The number of hydrogen-bond acceptors (Lipinski definition) is 1. The van der Waals surface area contributed by atoms with Crippen molar-refractivity contribution >= 4 is 39.8 Å². The average molecular weight is 910 g/mol. The fourth-order valence-corrected chi connectivity index (χ4v) is 7.42. The van der Waals surface area contributed by atoms with Gasteiger partial charge in [0.15, 0.2) is 69.8 Å². The van der Waals surface area contributed by atoms with E-state index in [1.54, 1.807) is 12.1 Å². The molecule has 0 amide bonds. The molecule has 61 heavy (non-hydrogen) atoms. The van der Waals surface area contributed by atoms with Crippen LogP contribution in [0.2, 0.25) is 0 Å². The molecule has 0 aliphatic heterocycles. The van der Waals surface area contributed by atoms with E-state index in [1.165, 1.54) is 22.9 Å². The summed E-state index contributed by atoms with van der Waals surface area (Å²) in [5.41, 5.74) is -11.7. The first-order valence-corrected chi connectivity index (χ1v) is 17.5. The summed E-state index contributed by atoms with van der Waals surface area (Å²) in [5.74, 6) is -68.9. The van der Waals surface area contributed by atoms with Crippen molar-refractivity contribution in [2.24, 2.45) is 0 Å². The van der Waals surface area contributed by atoms with E-state index in [0.717, 1.165) is 11.5 Å². The minimum atomic E-state index is -7.22. The summed E-state index contributed by atoms with van der Waals surface area (Å²) in [5, 5.41) is 9.16. The van der Waals surface area contributed by atoms with E-state index in [0.29, 0.717) is 5.75 Å². The summed E-state index contributed by atoms with van der Waals surface area (Å²) in [4.78, 5) is 0. The zero-order chi connectivity index (χ0) is 45.6. The van der Waals surface area contributed by atoms with Crippen LogP contribution < -0.4 is 21.9 Å². The first-order valence-electron chi connectivity index (χ1n) is 16.2. The summed E-state index contributed by atoms with van der Waals surface area (Å²) in [6.07, 6.45) is -7.22. The van der Waals surface area contributed by atoms with Gasteiger partial charge >= 0.3 is 0 Å². The monoisotopic (exact) mass is 910 g/mol. The van der Waals surface area contributed by atoms with Crippen molar-refractivity contribution in [3.8, 4) is 5.75 Å². The molecule has 6 rings (SSSR count). The lowest BCUT2D eigenvalue weighted by Crippen LogP contribution is -2.81. The molecule has 0 heterocycles. The van der Waals surface area contributed by atoms with Crippen LogP contribution in [-0.4, -0.2) is 11.3 Å². The Morgan fingerprint density at radius 3 is 0.754 bits per heavy atom. The largest absolute Gasteiger partial charge is 0.508 e. The molecule has 0 fully saturated rings. The molecule has 322 valence electrons. The molecule has 0 saturated heterocycles. The van der Waals surface area contributed by atoms with Gasteiger partial charge in [-0.25, -0.2) is 87.8 Å². The van der Waals surface area contributed by atoms with Crippen molar-refractivity contribution in [3.63, 3.8) is 0 Å². The number of aromatic hydroxyl groups is 1. The van der Waals surface area contributed by atoms with Gasteiger partial charge in [0.2, 0.25) is 0 Å². The quantitative estimate of drug-likeness (QED) is 0.0405. The lowest BCUT2D eigenvalue weighted by molar-refractivity contribution is 0.378. The zero-order valence-corrected chi connectivity index (χ0v) is 30.0. The van der Waals surface area contributed by atoms with E-state index in [2.05, 4.69) is 24.3 Å². The number of benzene rings is 6. The Hall–Kier alpha value is -5.87. The summed E-state index contributed by atoms with van der Waals surface area (Å²) in [6.45, 7) is 0. The van der Waals surface area contributed by atoms with Gasteiger partial charge in [-0.1, -0.05) is 42.5 Å². The van der Waals surface area contributed by atoms with Crippen LogP contribution in [0.15, 0.2) is 54.6 Å². The lowest BCUT2D eigenvalue weighted by Gasteiger charge is -2.44. The predicted molar refractivity (Wildman–Crippen MR) is 180 cm³/mol. The molecule has 0 saturated carbocycles. The summed E-state index contributed by atoms with van der Waals surface area (Å²) in [6, 6.07) is 18.0. The van der Waals surface area contributed by atoms with Crippen LogP contribution in [0.3, 0.4) is 0 Å². The fourth-order valence-electron chi connectivity index (χ4n) is 6.37. The fraction of sp³-hybridized carbons (Fsp3) is 0.0526. The average Bonchev–Trinajstić information content (AvgIpc) is 3.24. The second-order valence-corrected chi connectivity index (χ2v) is 13.6. The van der Waals surface area contributed by atoms with Gasteiger partial charge in [-0.15, -0.1) is 21.9 Å². The van der Waals surface area contributed by atoms with Gasteiger partial charge in [0, 0.05) is 11.1 Å². The van der Waals surface area contributed by atoms with Crippen molar-refractivity contribution in [2.45, 2.75) is 11.5 Å². The van der Waals surface area contributed by atoms with Crippen LogP contribution in [0.25, 0.3) is 0 Å². The normalized spacial score (nSPS) is 11.5. The number of thiol groups is 1. The third-order valence-electron chi connectivity index (χ3n) is 9.08. The molecule has 0 aliphatic rings. The first kappa shape index (κ1) is 46.2. The number of hydrogen-bond donors (Lipinski definition) is 1. The molecule has 6 aromatic rings. The lowest BCUT2D eigenvalue weighted by atomic mass is 9.12. The third kappa shape index (κ3) is 7.71. The van der Waals surface area contributed by atoms with E-state index in [9.17, 15) is 52.7 Å². The molecule has 0 unspecified atom stereocenters. The minimum Gasteiger partial charge on any atom is -0.508 e. The van der Waals surface area contributed by atoms with Crippen LogP contribution in [0.1, 0.15) is 11.1 Å². The molecule has 23 heteroatoms. The summed E-state index contributed by atoms with van der Waals surface area (Å²) < 4.78 is 294. The van der Waals surface area contributed by atoms with Gasteiger partial charge in [-0.3, -0.25) is 0 Å². The summed E-state index contributed by atoms with van der Waals surface area (Å²) in [7, 11) is 0. The van der Waals surface area contributed by atoms with Gasteiger partial charge < -0.3 is 5.11 Å². The van der Waals surface area contributed by atoms with Gasteiger partial charge in [-0.05, 0) is 23.9 Å². The first-order chi connectivity index (χ1) is 28.5. The van der Waals surface area contributed by atoms with Gasteiger partial charge in [0.05, 0.1) is 0 Å². The molecular formula is C38H15BF20OS. The molecule has 1 nitrogen and oxygen atoms in total. The van der Waals surface area contributed by atoms with Crippen LogP contribution in [0, 0.1) is 116 Å². The van der Waals surface area contributed by atoms with Crippen LogP contribution in [0.4, 0.5) is 87.8 Å². The highest BCUT2D eigenvalue weighted by atomic mass is 32.2. The van der Waals surface area contributed by atoms with Gasteiger partial charge in [0.25, 0.3) is 0 Å². The maximum atomic E-state index is 15.4. The number of rotatable bonds is 8. The molecule has 0 radical (unpaired) electrons. The van der Waals surface area contributed by atoms with Crippen molar-refractivity contribution in [3.05, 3.63) is 182 Å². The van der Waals surface area contributed by atoms with E-state index in [-0.39, 0.29) is 0 Å². The Labute approximate surface area is 331 Å². The smallest absolute Gasteiger partial charge is 0.200 e. The topological polar surface area (TPSA) is 20.2 Å². The Morgan fingerprint density at radius 1 is 0.295 bits per heavy atom. The second kappa shape index (κ2) is 17.6. The van der Waals surface area contributed by atoms with Crippen molar-refractivity contribution in [1.82, 2.24) is 0 Å². The third-order valence-corrected chi connectivity index (χ3v) is 10.3. The van der Waals surface area contributed by atoms with E-state index < -0.39 is 144 Å². The van der Waals surface area contributed by atoms with E-state index in [4.69, 9.17) is 5.11 Å². The molecule has 6 aromatic carbocycles. The maximum absolute atomic E-state index is 15.4. The van der Waals surface area contributed by atoms with E-state index in [1.807, 2.05) is 18.2 Å². The molecule has 1 N–H and O–H groups in total. The zero-order valence-electron chi connectivity index (χ0n) is 29.1. The molecule has 0 aliphatic carbocycles. The highest BCUT2D eigenvalue weighted by molar-refractivity contribution is 7.76. The number of phenols is 1. The second-order valence-electron chi connectivity index (χ2n) is 12.5. The van der Waals surface area contributed by atoms with E-state index >= 15 is 35.1 Å². The minimum absolute atomic E-state index is 0.337. The molecular weight excluding hydrogens is 895 g/mol. The number of phenolic OH excluding ortho intramolecular Hbond substituents is 1. The molecule has 0 atom stereocenters. The summed E-state index contributed by atoms with van der Waals surface area (Å²) >= 11 is 1.39. The van der Waals surface area contributed by atoms with Crippen LogP contribution >= 0.6 is 0 Å². The number of halogens is 20. The highest BCUT2D eigenvalue weighted by Gasteiger charge is 2.52. The van der Waals surface area contributed by atoms with Crippen LogP contribution in [-0.2, 0) is 23.3 Å². The van der Waals surface area contributed by atoms with Crippen LogP contribution in [0.5, 0.6) is 5.75 Å².